The quantitative estimate of drug-likeness (QED) is 0.704. The molecule has 1 aromatic rings. The zero-order valence-electron chi connectivity index (χ0n) is 7.40. The molecule has 0 spiro atoms. The van der Waals surface area contributed by atoms with Gasteiger partial charge in [-0.1, -0.05) is 6.07 Å². The van der Waals surface area contributed by atoms with E-state index in [1.165, 1.54) is 6.92 Å². The third-order valence-corrected chi connectivity index (χ3v) is 1.81. The zero-order valence-corrected chi connectivity index (χ0v) is 7.40. The highest BCUT2D eigenvalue weighted by Gasteiger charge is 2.34. The summed E-state index contributed by atoms with van der Waals surface area (Å²) in [4.78, 5) is 0. The van der Waals surface area contributed by atoms with Gasteiger partial charge in [0, 0.05) is 6.04 Å². The average molecular weight is 207 g/mol. The zero-order chi connectivity index (χ0) is 10.9. The summed E-state index contributed by atoms with van der Waals surface area (Å²) < 4.78 is 49.7. The Labute approximate surface area is 78.5 Å². The molecule has 1 atom stereocenters. The van der Waals surface area contributed by atoms with Gasteiger partial charge in [-0.2, -0.15) is 13.2 Å². The van der Waals surface area contributed by atoms with Crippen LogP contribution in [0.3, 0.4) is 0 Å². The lowest BCUT2D eigenvalue weighted by Gasteiger charge is -2.15. The third kappa shape index (κ3) is 2.23. The van der Waals surface area contributed by atoms with Gasteiger partial charge in [-0.05, 0) is 24.6 Å². The number of benzene rings is 1. The number of hydrogen-bond acceptors (Lipinski definition) is 1. The summed E-state index contributed by atoms with van der Waals surface area (Å²) in [6, 6.07) is 1.71. The molecule has 0 aliphatic carbocycles. The van der Waals surface area contributed by atoms with Crippen molar-refractivity contribution < 1.29 is 17.6 Å². The van der Waals surface area contributed by atoms with E-state index in [-0.39, 0.29) is 5.56 Å². The van der Waals surface area contributed by atoms with Crippen LogP contribution in [0.15, 0.2) is 18.2 Å². The molecular formula is C9H9F4N. The summed E-state index contributed by atoms with van der Waals surface area (Å²) in [5.74, 6) is -0.915. The molecule has 2 N–H and O–H groups in total. The Hall–Kier alpha value is -1.10. The minimum atomic E-state index is -4.56. The molecular weight excluding hydrogens is 198 g/mol. The van der Waals surface area contributed by atoms with E-state index in [1.54, 1.807) is 0 Å². The molecule has 0 aromatic heterocycles. The molecule has 0 amide bonds. The number of nitrogens with two attached hydrogens (primary N) is 1. The Kier molecular flexibility index (Phi) is 2.80. The average Bonchev–Trinajstić information content (AvgIpc) is 2.01. The van der Waals surface area contributed by atoms with Crippen molar-refractivity contribution in [2.45, 2.75) is 19.1 Å². The van der Waals surface area contributed by atoms with Crippen molar-refractivity contribution in [3.05, 3.63) is 35.1 Å². The highest BCUT2D eigenvalue weighted by molar-refractivity contribution is 5.32. The van der Waals surface area contributed by atoms with Crippen LogP contribution < -0.4 is 5.73 Å². The van der Waals surface area contributed by atoms with Gasteiger partial charge in [0.15, 0.2) is 0 Å². The van der Waals surface area contributed by atoms with Crippen molar-refractivity contribution in [1.82, 2.24) is 0 Å². The van der Waals surface area contributed by atoms with E-state index in [9.17, 15) is 17.6 Å². The maximum Gasteiger partial charge on any atom is 0.416 e. The first-order valence-corrected chi connectivity index (χ1v) is 3.94. The molecule has 14 heavy (non-hydrogen) atoms. The van der Waals surface area contributed by atoms with Crippen LogP contribution in [0.2, 0.25) is 0 Å². The number of alkyl halides is 3. The van der Waals surface area contributed by atoms with Crippen LogP contribution in [0.1, 0.15) is 24.1 Å². The van der Waals surface area contributed by atoms with Crippen molar-refractivity contribution in [2.24, 2.45) is 5.73 Å². The molecule has 1 unspecified atom stereocenters. The highest BCUT2D eigenvalue weighted by Crippen LogP contribution is 2.34. The van der Waals surface area contributed by atoms with Gasteiger partial charge in [0.1, 0.15) is 5.82 Å². The lowest BCUT2D eigenvalue weighted by Crippen LogP contribution is -2.15. The Morgan fingerprint density at radius 1 is 1.29 bits per heavy atom. The van der Waals surface area contributed by atoms with Crippen molar-refractivity contribution in [2.75, 3.05) is 0 Å². The standard InChI is InChI=1S/C9H9F4N/c1-5(14)7-3-2-6(10)4-8(7)9(11,12)13/h2-5H,14H2,1H3. The molecule has 0 saturated heterocycles. The summed E-state index contributed by atoms with van der Waals surface area (Å²) >= 11 is 0. The van der Waals surface area contributed by atoms with E-state index >= 15 is 0 Å². The molecule has 0 aliphatic heterocycles. The van der Waals surface area contributed by atoms with Gasteiger partial charge in [-0.15, -0.1) is 0 Å². The molecule has 0 aliphatic rings. The van der Waals surface area contributed by atoms with Gasteiger partial charge in [-0.3, -0.25) is 0 Å². The van der Waals surface area contributed by atoms with E-state index in [0.29, 0.717) is 6.07 Å². The molecule has 1 nitrogen and oxygen atoms in total. The van der Waals surface area contributed by atoms with Crippen LogP contribution in [0.25, 0.3) is 0 Å². The number of halogens is 4. The van der Waals surface area contributed by atoms with Crippen molar-refractivity contribution in [1.29, 1.82) is 0 Å². The molecule has 0 heterocycles. The smallest absolute Gasteiger partial charge is 0.324 e. The minimum absolute atomic E-state index is 0.0982. The Bertz CT molecular complexity index is 330. The first-order chi connectivity index (χ1) is 6.32. The summed E-state index contributed by atoms with van der Waals surface area (Å²) in [5, 5.41) is 0. The van der Waals surface area contributed by atoms with E-state index in [0.717, 1.165) is 12.1 Å². The topological polar surface area (TPSA) is 26.0 Å². The summed E-state index contributed by atoms with van der Waals surface area (Å²) in [5.41, 5.74) is 4.23. The molecule has 78 valence electrons. The van der Waals surface area contributed by atoms with E-state index in [2.05, 4.69) is 0 Å². The Morgan fingerprint density at radius 3 is 2.29 bits per heavy atom. The Morgan fingerprint density at radius 2 is 1.86 bits per heavy atom. The fourth-order valence-corrected chi connectivity index (χ4v) is 1.17. The largest absolute Gasteiger partial charge is 0.416 e. The Balaban J connectivity index is 3.30. The second kappa shape index (κ2) is 3.57. The highest BCUT2D eigenvalue weighted by atomic mass is 19.4. The molecule has 0 radical (unpaired) electrons. The van der Waals surface area contributed by atoms with E-state index < -0.39 is 23.6 Å². The van der Waals surface area contributed by atoms with Crippen molar-refractivity contribution in [3.63, 3.8) is 0 Å². The van der Waals surface area contributed by atoms with Crippen LogP contribution >= 0.6 is 0 Å². The van der Waals surface area contributed by atoms with Gasteiger partial charge >= 0.3 is 6.18 Å². The molecule has 5 heteroatoms. The summed E-state index contributed by atoms with van der Waals surface area (Å²) in [7, 11) is 0. The minimum Gasteiger partial charge on any atom is -0.324 e. The lowest BCUT2D eigenvalue weighted by molar-refractivity contribution is -0.138. The van der Waals surface area contributed by atoms with Crippen LogP contribution in [-0.2, 0) is 6.18 Å². The van der Waals surface area contributed by atoms with Gasteiger partial charge in [0.2, 0.25) is 0 Å². The first-order valence-electron chi connectivity index (χ1n) is 3.94. The first kappa shape index (κ1) is 11.0. The van der Waals surface area contributed by atoms with Crippen molar-refractivity contribution >= 4 is 0 Å². The summed E-state index contributed by atoms with van der Waals surface area (Å²) in [6.45, 7) is 1.42. The predicted molar refractivity (Wildman–Crippen MR) is 44.0 cm³/mol. The molecule has 0 fully saturated rings. The van der Waals surface area contributed by atoms with E-state index in [1.807, 2.05) is 0 Å². The van der Waals surface area contributed by atoms with Crippen LogP contribution in [-0.4, -0.2) is 0 Å². The molecule has 0 bridgehead atoms. The van der Waals surface area contributed by atoms with Crippen LogP contribution in [0.4, 0.5) is 17.6 Å². The summed E-state index contributed by atoms with van der Waals surface area (Å²) in [6.07, 6.45) is -4.56. The predicted octanol–water partition coefficient (Wildman–Crippen LogP) is 2.86. The molecule has 1 rings (SSSR count). The molecule has 0 saturated carbocycles. The van der Waals surface area contributed by atoms with E-state index in [4.69, 9.17) is 5.73 Å². The fourth-order valence-electron chi connectivity index (χ4n) is 1.17. The second-order valence-electron chi connectivity index (χ2n) is 3.02. The van der Waals surface area contributed by atoms with Gasteiger partial charge in [0.05, 0.1) is 5.56 Å². The third-order valence-electron chi connectivity index (χ3n) is 1.81. The van der Waals surface area contributed by atoms with Crippen LogP contribution in [0.5, 0.6) is 0 Å². The van der Waals surface area contributed by atoms with Gasteiger partial charge < -0.3 is 5.73 Å². The number of rotatable bonds is 1. The van der Waals surface area contributed by atoms with Crippen molar-refractivity contribution in [3.8, 4) is 0 Å². The monoisotopic (exact) mass is 207 g/mol. The normalized spacial score (nSPS) is 14.1. The SMILES string of the molecule is CC(N)c1ccc(F)cc1C(F)(F)F. The fraction of sp³-hybridized carbons (Fsp3) is 0.333. The molecule has 1 aromatic carbocycles. The maximum absolute atomic E-state index is 12.6. The van der Waals surface area contributed by atoms with Gasteiger partial charge in [0.25, 0.3) is 0 Å². The van der Waals surface area contributed by atoms with Gasteiger partial charge in [-0.25, -0.2) is 4.39 Å². The van der Waals surface area contributed by atoms with Crippen LogP contribution in [0, 0.1) is 5.82 Å². The number of hydrogen-bond donors (Lipinski definition) is 1. The second-order valence-corrected chi connectivity index (χ2v) is 3.02. The lowest BCUT2D eigenvalue weighted by atomic mass is 10.0. The maximum atomic E-state index is 12.6.